The Hall–Kier alpha value is -0.260. The molecule has 0 heterocycles. The van der Waals surface area contributed by atoms with E-state index < -0.39 is 0 Å². The van der Waals surface area contributed by atoms with Crippen molar-refractivity contribution in [3.8, 4) is 0 Å². The van der Waals surface area contributed by atoms with E-state index in [4.69, 9.17) is 0 Å². The lowest BCUT2D eigenvalue weighted by Gasteiger charge is -2.56. The molecule has 0 radical (unpaired) electrons. The summed E-state index contributed by atoms with van der Waals surface area (Å²) in [7, 11) is 0. The van der Waals surface area contributed by atoms with Crippen LogP contribution >= 0.6 is 0 Å². The predicted octanol–water partition coefficient (Wildman–Crippen LogP) is 3.00. The highest BCUT2D eigenvalue weighted by Gasteiger charge is 2.49. The average molecular weight is 136 g/mol. The fourth-order valence-corrected chi connectivity index (χ4v) is 2.66. The van der Waals surface area contributed by atoms with Crippen LogP contribution in [-0.4, -0.2) is 0 Å². The Bertz CT molecular complexity index is 186. The van der Waals surface area contributed by atoms with Crippen molar-refractivity contribution >= 4 is 0 Å². The number of hydrogen-bond acceptors (Lipinski definition) is 0. The van der Waals surface area contributed by atoms with Gasteiger partial charge in [0.05, 0.1) is 0 Å². The topological polar surface area (TPSA) is 0 Å². The molecule has 0 spiro atoms. The highest BCUT2D eigenvalue weighted by molar-refractivity contribution is 5.21. The Balaban J connectivity index is 2.30. The molecule has 0 saturated heterocycles. The lowest BCUT2D eigenvalue weighted by Crippen LogP contribution is -2.47. The molecular formula is C10H16. The van der Waals surface area contributed by atoms with Gasteiger partial charge in [0.2, 0.25) is 0 Å². The summed E-state index contributed by atoms with van der Waals surface area (Å²) in [4.78, 5) is 0. The fourth-order valence-electron chi connectivity index (χ4n) is 2.66. The molecule has 0 aliphatic heterocycles. The van der Waals surface area contributed by atoms with Crippen molar-refractivity contribution in [3.05, 3.63) is 11.6 Å². The molecule has 2 bridgehead atoms. The summed E-state index contributed by atoms with van der Waals surface area (Å²) in [5, 5.41) is 0. The Morgan fingerprint density at radius 2 is 2.20 bits per heavy atom. The minimum absolute atomic E-state index is 0.638. The van der Waals surface area contributed by atoms with Gasteiger partial charge in [0, 0.05) is 0 Å². The van der Waals surface area contributed by atoms with Crippen molar-refractivity contribution in [2.75, 3.05) is 0 Å². The first-order valence-corrected chi connectivity index (χ1v) is 4.29. The molecule has 0 heteroatoms. The maximum Gasteiger partial charge on any atom is -0.0149 e. The molecule has 2 atom stereocenters. The highest BCUT2D eigenvalue weighted by atomic mass is 14.5. The summed E-state index contributed by atoms with van der Waals surface area (Å²) in [6, 6.07) is 0. The molecule has 3 aliphatic rings. The molecule has 56 valence electrons. The molecule has 0 unspecified atom stereocenters. The molecule has 10 heavy (non-hydrogen) atoms. The van der Waals surface area contributed by atoms with E-state index in [9.17, 15) is 0 Å². The third-order valence-corrected chi connectivity index (χ3v) is 3.74. The number of fused-ring (bicyclic) bond motifs is 1. The standard InChI is InChI=1S/C10H16/c1-7-4-5-8-6-9(7)10(8,2)3/h4,8-9H,5-6H2,1-3H3/t8-,9+/m1/s1. The normalized spacial score (nSPS) is 42.1. The summed E-state index contributed by atoms with van der Waals surface area (Å²) >= 11 is 0. The van der Waals surface area contributed by atoms with Gasteiger partial charge in [0.1, 0.15) is 0 Å². The summed E-state index contributed by atoms with van der Waals surface area (Å²) < 4.78 is 0. The maximum atomic E-state index is 2.43. The minimum atomic E-state index is 0.638. The summed E-state index contributed by atoms with van der Waals surface area (Å²) in [6.07, 6.45) is 5.24. The first-order chi connectivity index (χ1) is 4.62. The van der Waals surface area contributed by atoms with Gasteiger partial charge >= 0.3 is 0 Å². The van der Waals surface area contributed by atoms with Crippen LogP contribution in [0.5, 0.6) is 0 Å². The second-order valence-corrected chi connectivity index (χ2v) is 4.49. The Morgan fingerprint density at radius 3 is 2.50 bits per heavy atom. The van der Waals surface area contributed by atoms with Crippen molar-refractivity contribution < 1.29 is 0 Å². The van der Waals surface area contributed by atoms with E-state index in [1.165, 1.54) is 12.8 Å². The summed E-state index contributed by atoms with van der Waals surface area (Å²) in [5.41, 5.74) is 2.28. The van der Waals surface area contributed by atoms with Gasteiger partial charge in [-0.2, -0.15) is 0 Å². The minimum Gasteiger partial charge on any atom is -0.0850 e. The number of hydrogen-bond donors (Lipinski definition) is 0. The molecule has 3 rings (SSSR count). The van der Waals surface area contributed by atoms with Gasteiger partial charge in [-0.3, -0.25) is 0 Å². The van der Waals surface area contributed by atoms with Gasteiger partial charge in [-0.25, -0.2) is 0 Å². The smallest absolute Gasteiger partial charge is 0.0149 e. The third kappa shape index (κ3) is 0.574. The molecule has 0 nitrogen and oxygen atoms in total. The van der Waals surface area contributed by atoms with Crippen LogP contribution in [0.1, 0.15) is 33.6 Å². The molecule has 0 aromatic rings. The van der Waals surface area contributed by atoms with Gasteiger partial charge in [-0.15, -0.1) is 0 Å². The van der Waals surface area contributed by atoms with Crippen molar-refractivity contribution in [1.29, 1.82) is 0 Å². The van der Waals surface area contributed by atoms with E-state index in [1.807, 2.05) is 0 Å². The SMILES string of the molecule is CC1=CC[C@@H]2C[C@@H]1C2(C)C. The van der Waals surface area contributed by atoms with E-state index in [-0.39, 0.29) is 0 Å². The molecule has 1 fully saturated rings. The zero-order chi connectivity index (χ0) is 7.35. The van der Waals surface area contributed by atoms with Crippen LogP contribution in [0.15, 0.2) is 11.6 Å². The molecule has 0 aromatic heterocycles. The molecule has 1 saturated carbocycles. The first-order valence-electron chi connectivity index (χ1n) is 4.29. The van der Waals surface area contributed by atoms with Crippen molar-refractivity contribution in [3.63, 3.8) is 0 Å². The van der Waals surface area contributed by atoms with Crippen LogP contribution in [0, 0.1) is 17.3 Å². The fraction of sp³-hybridized carbons (Fsp3) is 0.800. The summed E-state index contributed by atoms with van der Waals surface area (Å²) in [6.45, 7) is 7.13. The van der Waals surface area contributed by atoms with Gasteiger partial charge < -0.3 is 0 Å². The maximum absolute atomic E-state index is 2.43. The Kier molecular flexibility index (Phi) is 1.07. The molecule has 3 aliphatic carbocycles. The quantitative estimate of drug-likeness (QED) is 0.449. The largest absolute Gasteiger partial charge is 0.0850 e. The molecule has 0 aromatic carbocycles. The lowest BCUT2D eigenvalue weighted by atomic mass is 9.49. The van der Waals surface area contributed by atoms with Crippen molar-refractivity contribution in [2.24, 2.45) is 17.3 Å². The number of allylic oxidation sites excluding steroid dienone is 2. The zero-order valence-electron chi connectivity index (χ0n) is 7.15. The van der Waals surface area contributed by atoms with E-state index in [0.29, 0.717) is 5.41 Å². The predicted molar refractivity (Wildman–Crippen MR) is 43.8 cm³/mol. The zero-order valence-corrected chi connectivity index (χ0v) is 7.15. The van der Waals surface area contributed by atoms with E-state index in [2.05, 4.69) is 26.8 Å². The van der Waals surface area contributed by atoms with E-state index in [1.54, 1.807) is 5.57 Å². The van der Waals surface area contributed by atoms with Crippen molar-refractivity contribution in [1.82, 2.24) is 0 Å². The van der Waals surface area contributed by atoms with Crippen LogP contribution in [0.2, 0.25) is 0 Å². The Labute approximate surface area is 63.3 Å². The third-order valence-electron chi connectivity index (χ3n) is 3.74. The van der Waals surface area contributed by atoms with E-state index >= 15 is 0 Å². The van der Waals surface area contributed by atoms with Crippen LogP contribution in [-0.2, 0) is 0 Å². The monoisotopic (exact) mass is 136 g/mol. The van der Waals surface area contributed by atoms with Crippen LogP contribution in [0.25, 0.3) is 0 Å². The first kappa shape index (κ1) is 6.45. The van der Waals surface area contributed by atoms with Gasteiger partial charge in [-0.05, 0) is 37.0 Å². The number of rotatable bonds is 0. The second-order valence-electron chi connectivity index (χ2n) is 4.49. The Morgan fingerprint density at radius 1 is 1.50 bits per heavy atom. The highest BCUT2D eigenvalue weighted by Crippen LogP contribution is 2.58. The molecule has 0 amide bonds. The lowest BCUT2D eigenvalue weighted by molar-refractivity contribution is -0.00579. The van der Waals surface area contributed by atoms with E-state index in [0.717, 1.165) is 11.8 Å². The van der Waals surface area contributed by atoms with Crippen LogP contribution < -0.4 is 0 Å². The van der Waals surface area contributed by atoms with Crippen molar-refractivity contribution in [2.45, 2.75) is 33.6 Å². The van der Waals surface area contributed by atoms with Crippen LogP contribution in [0.4, 0.5) is 0 Å². The second kappa shape index (κ2) is 1.66. The molecule has 0 N–H and O–H groups in total. The average Bonchev–Trinajstić information content (AvgIpc) is 1.87. The van der Waals surface area contributed by atoms with Gasteiger partial charge in [0.25, 0.3) is 0 Å². The van der Waals surface area contributed by atoms with Crippen LogP contribution in [0.3, 0.4) is 0 Å². The molecular weight excluding hydrogens is 120 g/mol. The van der Waals surface area contributed by atoms with Gasteiger partial charge in [-0.1, -0.05) is 25.5 Å². The summed E-state index contributed by atoms with van der Waals surface area (Å²) in [5.74, 6) is 1.92. The van der Waals surface area contributed by atoms with Gasteiger partial charge in [0.15, 0.2) is 0 Å².